The Hall–Kier alpha value is -1.88. The third kappa shape index (κ3) is 1.73. The van der Waals surface area contributed by atoms with E-state index >= 15 is 0 Å². The maximum Gasteiger partial charge on any atom is 0.260 e. The molecule has 0 amide bonds. The van der Waals surface area contributed by atoms with Crippen LogP contribution in [0, 0.1) is 5.92 Å². The van der Waals surface area contributed by atoms with Crippen LogP contribution in [0.25, 0.3) is 21.8 Å². The van der Waals surface area contributed by atoms with E-state index in [0.717, 1.165) is 23.1 Å². The van der Waals surface area contributed by atoms with Crippen molar-refractivity contribution in [3.05, 3.63) is 39.2 Å². The van der Waals surface area contributed by atoms with Gasteiger partial charge in [0.1, 0.15) is 4.83 Å². The highest BCUT2D eigenvalue weighted by molar-refractivity contribution is 7.18. The van der Waals surface area contributed by atoms with Crippen molar-refractivity contribution in [1.29, 1.82) is 0 Å². The third-order valence-electron chi connectivity index (χ3n) is 3.92. The molecule has 3 aromatic heterocycles. The van der Waals surface area contributed by atoms with Gasteiger partial charge in [-0.3, -0.25) is 4.79 Å². The van der Waals surface area contributed by atoms with E-state index in [2.05, 4.69) is 16.9 Å². The summed E-state index contributed by atoms with van der Waals surface area (Å²) >= 11 is 1.65. The zero-order chi connectivity index (χ0) is 13.7. The van der Waals surface area contributed by atoms with Crippen LogP contribution in [0.15, 0.2) is 27.6 Å². The Morgan fingerprint density at radius 2 is 2.40 bits per heavy atom. The molecule has 20 heavy (non-hydrogen) atoms. The molecule has 1 aliphatic carbocycles. The van der Waals surface area contributed by atoms with Gasteiger partial charge in [0, 0.05) is 4.88 Å². The molecule has 1 aliphatic rings. The molecular weight excluding hydrogens is 272 g/mol. The minimum Gasteiger partial charge on any atom is -0.461 e. The smallest absolute Gasteiger partial charge is 0.260 e. The molecule has 4 nitrogen and oxygen atoms in total. The normalized spacial score (nSPS) is 18.4. The fraction of sp³-hybridized carbons (Fsp3) is 0.333. The van der Waals surface area contributed by atoms with Crippen molar-refractivity contribution >= 4 is 21.6 Å². The van der Waals surface area contributed by atoms with E-state index in [9.17, 15) is 4.79 Å². The predicted molar refractivity (Wildman–Crippen MR) is 79.1 cm³/mol. The molecule has 102 valence electrons. The van der Waals surface area contributed by atoms with Crippen LogP contribution < -0.4 is 5.56 Å². The predicted octanol–water partition coefficient (Wildman–Crippen LogP) is 3.37. The first kappa shape index (κ1) is 11.9. The number of nitrogens with one attached hydrogen (secondary N) is 1. The SMILES string of the molecule is C[C@H]1CCc2sc3nc(-c4ccco4)[nH]c(=O)c3c2C1. The van der Waals surface area contributed by atoms with E-state index in [0.29, 0.717) is 17.5 Å². The lowest BCUT2D eigenvalue weighted by Crippen LogP contribution is -2.14. The quantitative estimate of drug-likeness (QED) is 0.746. The van der Waals surface area contributed by atoms with Crippen molar-refractivity contribution in [3.63, 3.8) is 0 Å². The summed E-state index contributed by atoms with van der Waals surface area (Å²) in [6.45, 7) is 2.24. The van der Waals surface area contributed by atoms with Gasteiger partial charge in [-0.25, -0.2) is 4.98 Å². The number of fused-ring (bicyclic) bond motifs is 3. The number of hydrogen-bond donors (Lipinski definition) is 1. The first-order chi connectivity index (χ1) is 9.72. The summed E-state index contributed by atoms with van der Waals surface area (Å²) in [6, 6.07) is 3.60. The van der Waals surface area contributed by atoms with Gasteiger partial charge in [0.15, 0.2) is 11.6 Å². The van der Waals surface area contributed by atoms with Gasteiger partial charge in [0.25, 0.3) is 5.56 Å². The van der Waals surface area contributed by atoms with Gasteiger partial charge in [-0.2, -0.15) is 0 Å². The summed E-state index contributed by atoms with van der Waals surface area (Å²) in [6.07, 6.45) is 4.83. The van der Waals surface area contributed by atoms with Gasteiger partial charge in [0.05, 0.1) is 11.6 Å². The van der Waals surface area contributed by atoms with E-state index in [1.807, 2.05) is 0 Å². The summed E-state index contributed by atoms with van der Waals surface area (Å²) < 4.78 is 5.31. The molecule has 0 aliphatic heterocycles. The maximum atomic E-state index is 12.4. The van der Waals surface area contributed by atoms with Crippen LogP contribution in [0.3, 0.4) is 0 Å². The van der Waals surface area contributed by atoms with Gasteiger partial charge < -0.3 is 9.40 Å². The van der Waals surface area contributed by atoms with E-state index in [-0.39, 0.29) is 5.56 Å². The van der Waals surface area contributed by atoms with Crippen LogP contribution in [-0.4, -0.2) is 9.97 Å². The number of aromatic amines is 1. The van der Waals surface area contributed by atoms with Crippen molar-refractivity contribution < 1.29 is 4.42 Å². The first-order valence-electron chi connectivity index (χ1n) is 6.81. The number of furan rings is 1. The topological polar surface area (TPSA) is 58.9 Å². The Morgan fingerprint density at radius 1 is 1.50 bits per heavy atom. The molecule has 3 aromatic rings. The van der Waals surface area contributed by atoms with Crippen LogP contribution in [-0.2, 0) is 12.8 Å². The Labute approximate surface area is 119 Å². The molecule has 0 saturated carbocycles. The van der Waals surface area contributed by atoms with Crippen LogP contribution in [0.2, 0.25) is 0 Å². The molecule has 0 radical (unpaired) electrons. The first-order valence-corrected chi connectivity index (χ1v) is 7.62. The van der Waals surface area contributed by atoms with Gasteiger partial charge in [-0.15, -0.1) is 11.3 Å². The highest BCUT2D eigenvalue weighted by Gasteiger charge is 2.23. The molecule has 0 saturated heterocycles. The molecule has 0 bridgehead atoms. The third-order valence-corrected chi connectivity index (χ3v) is 5.10. The minimum absolute atomic E-state index is 0.0481. The molecule has 4 rings (SSSR count). The van der Waals surface area contributed by atoms with E-state index in [4.69, 9.17) is 4.42 Å². The number of rotatable bonds is 1. The lowest BCUT2D eigenvalue weighted by atomic mass is 9.89. The molecule has 0 fully saturated rings. The molecule has 0 unspecified atom stereocenters. The van der Waals surface area contributed by atoms with E-state index in [1.165, 1.54) is 16.9 Å². The average molecular weight is 286 g/mol. The average Bonchev–Trinajstić information content (AvgIpc) is 3.04. The van der Waals surface area contributed by atoms with Crippen LogP contribution in [0.4, 0.5) is 0 Å². The van der Waals surface area contributed by atoms with Gasteiger partial charge in [-0.05, 0) is 42.9 Å². The number of aromatic nitrogens is 2. The Morgan fingerprint density at radius 3 is 3.20 bits per heavy atom. The Balaban J connectivity index is 1.97. The summed E-state index contributed by atoms with van der Waals surface area (Å²) in [5.41, 5.74) is 1.16. The largest absolute Gasteiger partial charge is 0.461 e. The lowest BCUT2D eigenvalue weighted by Gasteiger charge is -2.17. The molecule has 1 N–H and O–H groups in total. The lowest BCUT2D eigenvalue weighted by molar-refractivity contribution is 0.508. The van der Waals surface area contributed by atoms with E-state index < -0.39 is 0 Å². The molecule has 3 heterocycles. The molecule has 5 heteroatoms. The van der Waals surface area contributed by atoms with Crippen molar-refractivity contribution in [2.75, 3.05) is 0 Å². The molecule has 0 spiro atoms. The summed E-state index contributed by atoms with van der Waals surface area (Å²) in [5.74, 6) is 1.76. The zero-order valence-electron chi connectivity index (χ0n) is 11.1. The molecule has 0 aromatic carbocycles. The van der Waals surface area contributed by atoms with Crippen molar-refractivity contribution in [2.24, 2.45) is 5.92 Å². The second kappa shape index (κ2) is 4.31. The second-order valence-electron chi connectivity index (χ2n) is 5.42. The van der Waals surface area contributed by atoms with Crippen molar-refractivity contribution in [2.45, 2.75) is 26.2 Å². The van der Waals surface area contributed by atoms with Crippen LogP contribution in [0.1, 0.15) is 23.8 Å². The maximum absolute atomic E-state index is 12.4. The number of aryl methyl sites for hydroxylation is 1. The summed E-state index contributed by atoms with van der Waals surface area (Å²) in [7, 11) is 0. The second-order valence-corrected chi connectivity index (χ2v) is 6.51. The summed E-state index contributed by atoms with van der Waals surface area (Å²) in [5, 5.41) is 0.784. The summed E-state index contributed by atoms with van der Waals surface area (Å²) in [4.78, 5) is 22.0. The van der Waals surface area contributed by atoms with E-state index in [1.54, 1.807) is 29.7 Å². The highest BCUT2D eigenvalue weighted by Crippen LogP contribution is 2.36. The highest BCUT2D eigenvalue weighted by atomic mass is 32.1. The number of hydrogen-bond acceptors (Lipinski definition) is 4. The number of H-pyrrole nitrogens is 1. The fourth-order valence-corrected chi connectivity index (χ4v) is 4.10. The van der Waals surface area contributed by atoms with Crippen LogP contribution in [0.5, 0.6) is 0 Å². The Kier molecular flexibility index (Phi) is 2.57. The molecular formula is C15H14N2O2S. The minimum atomic E-state index is -0.0481. The van der Waals surface area contributed by atoms with Gasteiger partial charge >= 0.3 is 0 Å². The number of nitrogens with zero attached hydrogens (tertiary/aromatic N) is 1. The van der Waals surface area contributed by atoms with Crippen molar-refractivity contribution in [1.82, 2.24) is 9.97 Å². The zero-order valence-corrected chi connectivity index (χ0v) is 11.9. The number of thiophene rings is 1. The van der Waals surface area contributed by atoms with Gasteiger partial charge in [0.2, 0.25) is 0 Å². The fourth-order valence-electron chi connectivity index (χ4n) is 2.89. The van der Waals surface area contributed by atoms with Crippen LogP contribution >= 0.6 is 11.3 Å². The standard InChI is InChI=1S/C15H14N2O2S/c1-8-4-5-11-9(7-8)12-14(18)16-13(17-15(12)20-11)10-3-2-6-19-10/h2-3,6,8H,4-5,7H2,1H3,(H,16,17,18)/t8-/m0/s1. The monoisotopic (exact) mass is 286 g/mol. The van der Waals surface area contributed by atoms with Gasteiger partial charge in [-0.1, -0.05) is 6.92 Å². The Bertz CT molecular complexity index is 830. The van der Waals surface area contributed by atoms with Crippen molar-refractivity contribution in [3.8, 4) is 11.6 Å². The molecule has 1 atom stereocenters.